The molecule has 3 atom stereocenters. The first-order valence-corrected chi connectivity index (χ1v) is 9.59. The zero-order valence-electron chi connectivity index (χ0n) is 11.4. The van der Waals surface area contributed by atoms with Crippen molar-refractivity contribution in [2.75, 3.05) is 13.2 Å². The lowest BCUT2D eigenvalue weighted by Gasteiger charge is -2.33. The SMILES string of the molecule is CCC(S)CC[Si]1(CC)OCCC(C)CNO1. The molecule has 0 aromatic rings. The number of thiol groups is 1. The lowest BCUT2D eigenvalue weighted by atomic mass is 10.1. The van der Waals surface area contributed by atoms with Crippen LogP contribution in [0, 0.1) is 5.92 Å². The minimum atomic E-state index is -2.01. The lowest BCUT2D eigenvalue weighted by molar-refractivity contribution is 0.0693. The van der Waals surface area contributed by atoms with Gasteiger partial charge in [-0.2, -0.15) is 12.6 Å². The number of hydrogen-bond donors (Lipinski definition) is 2. The summed E-state index contributed by atoms with van der Waals surface area (Å²) in [5.41, 5.74) is 3.13. The number of rotatable bonds is 5. The first-order chi connectivity index (χ1) is 8.12. The Morgan fingerprint density at radius 3 is 2.88 bits per heavy atom. The molecule has 0 saturated carbocycles. The van der Waals surface area contributed by atoms with Gasteiger partial charge in [0.2, 0.25) is 0 Å². The Morgan fingerprint density at radius 2 is 2.24 bits per heavy atom. The number of nitrogens with one attached hydrogen (secondary N) is 1. The molecule has 102 valence electrons. The van der Waals surface area contributed by atoms with Gasteiger partial charge in [-0.05, 0) is 37.3 Å². The molecule has 1 N–H and O–H groups in total. The topological polar surface area (TPSA) is 30.5 Å². The normalized spacial score (nSPS) is 32.8. The highest BCUT2D eigenvalue weighted by atomic mass is 32.1. The van der Waals surface area contributed by atoms with Crippen LogP contribution in [-0.2, 0) is 8.95 Å². The predicted molar refractivity (Wildman–Crippen MR) is 77.5 cm³/mol. The Morgan fingerprint density at radius 1 is 1.47 bits per heavy atom. The molecule has 0 aromatic carbocycles. The highest BCUT2D eigenvalue weighted by Crippen LogP contribution is 2.25. The highest BCUT2D eigenvalue weighted by molar-refractivity contribution is 7.80. The zero-order chi connectivity index (χ0) is 12.7. The lowest BCUT2D eigenvalue weighted by Crippen LogP contribution is -2.49. The van der Waals surface area contributed by atoms with Crippen LogP contribution in [0.1, 0.15) is 40.0 Å². The molecule has 0 aliphatic carbocycles. The summed E-state index contributed by atoms with van der Waals surface area (Å²) in [6.45, 7) is 8.37. The van der Waals surface area contributed by atoms with E-state index in [0.29, 0.717) is 11.2 Å². The van der Waals surface area contributed by atoms with Crippen molar-refractivity contribution in [2.45, 2.75) is 57.4 Å². The van der Waals surface area contributed by atoms with E-state index in [4.69, 9.17) is 8.95 Å². The second-order valence-electron chi connectivity index (χ2n) is 5.06. The fourth-order valence-corrected chi connectivity index (χ4v) is 4.96. The molecule has 1 rings (SSSR count). The van der Waals surface area contributed by atoms with Gasteiger partial charge in [-0.1, -0.05) is 20.8 Å². The van der Waals surface area contributed by atoms with E-state index in [1.165, 1.54) is 0 Å². The maximum Gasteiger partial charge on any atom is 0.357 e. The van der Waals surface area contributed by atoms with E-state index >= 15 is 0 Å². The maximum absolute atomic E-state index is 6.11. The largest absolute Gasteiger partial charge is 0.393 e. The van der Waals surface area contributed by atoms with Gasteiger partial charge in [0.15, 0.2) is 0 Å². The molecule has 1 saturated heterocycles. The summed E-state index contributed by atoms with van der Waals surface area (Å²) in [6.07, 6.45) is 3.34. The predicted octanol–water partition coefficient (Wildman–Crippen LogP) is 3.12. The molecule has 0 bridgehead atoms. The quantitative estimate of drug-likeness (QED) is 0.598. The van der Waals surface area contributed by atoms with Crippen molar-refractivity contribution in [1.82, 2.24) is 5.48 Å². The average Bonchev–Trinajstić information content (AvgIpc) is 2.32. The summed E-state index contributed by atoms with van der Waals surface area (Å²) in [6, 6.07) is 2.06. The smallest absolute Gasteiger partial charge is 0.357 e. The van der Waals surface area contributed by atoms with Crippen LogP contribution in [0.25, 0.3) is 0 Å². The Labute approximate surface area is 112 Å². The Kier molecular flexibility index (Phi) is 7.10. The standard InChI is InChI=1S/C12H27NO2SSi/c1-4-12(16)7-9-17(5-2)14-8-6-11(3)10-13-15-17/h11-13,16H,4-10H2,1-3H3. The molecule has 3 nitrogen and oxygen atoms in total. The first-order valence-electron chi connectivity index (χ1n) is 6.84. The minimum absolute atomic E-state index is 0.475. The third kappa shape index (κ3) is 5.30. The van der Waals surface area contributed by atoms with Crippen LogP contribution in [0.15, 0.2) is 0 Å². The zero-order valence-corrected chi connectivity index (χ0v) is 13.3. The van der Waals surface area contributed by atoms with Gasteiger partial charge in [-0.3, -0.25) is 0 Å². The van der Waals surface area contributed by atoms with Crippen LogP contribution in [-0.4, -0.2) is 27.0 Å². The molecule has 17 heavy (non-hydrogen) atoms. The fraction of sp³-hybridized carbons (Fsp3) is 1.00. The molecule has 0 aromatic heterocycles. The van der Waals surface area contributed by atoms with Gasteiger partial charge in [-0.15, -0.1) is 0 Å². The van der Waals surface area contributed by atoms with Crippen molar-refractivity contribution in [1.29, 1.82) is 0 Å². The summed E-state index contributed by atoms with van der Waals surface area (Å²) in [5, 5.41) is 0.475. The van der Waals surface area contributed by atoms with E-state index in [-0.39, 0.29) is 0 Å². The van der Waals surface area contributed by atoms with Crippen molar-refractivity contribution in [2.24, 2.45) is 5.92 Å². The molecule has 1 heterocycles. The minimum Gasteiger partial charge on any atom is -0.393 e. The summed E-state index contributed by atoms with van der Waals surface area (Å²) in [4.78, 5) is 0. The summed E-state index contributed by atoms with van der Waals surface area (Å²) in [5.74, 6) is 0.632. The Bertz CT molecular complexity index is 209. The second-order valence-corrected chi connectivity index (χ2v) is 9.31. The van der Waals surface area contributed by atoms with Gasteiger partial charge in [-0.25, -0.2) is 5.48 Å². The summed E-state index contributed by atoms with van der Waals surface area (Å²) in [7, 11) is -2.01. The average molecular weight is 278 g/mol. The Balaban J connectivity index is 2.47. The molecule has 3 unspecified atom stereocenters. The van der Waals surface area contributed by atoms with Crippen LogP contribution >= 0.6 is 12.6 Å². The van der Waals surface area contributed by atoms with E-state index < -0.39 is 8.56 Å². The fourth-order valence-electron chi connectivity index (χ4n) is 1.96. The van der Waals surface area contributed by atoms with Gasteiger partial charge in [0.05, 0.1) is 0 Å². The van der Waals surface area contributed by atoms with E-state index in [9.17, 15) is 0 Å². The molecule has 1 fully saturated rings. The second kappa shape index (κ2) is 7.79. The maximum atomic E-state index is 6.11. The molecule has 1 aliphatic heterocycles. The van der Waals surface area contributed by atoms with Crippen LogP contribution < -0.4 is 5.48 Å². The van der Waals surface area contributed by atoms with Gasteiger partial charge in [0.25, 0.3) is 0 Å². The van der Waals surface area contributed by atoms with E-state index in [1.807, 2.05) is 0 Å². The summed E-state index contributed by atoms with van der Waals surface area (Å²) < 4.78 is 12.0. The molecule has 0 amide bonds. The first kappa shape index (κ1) is 15.5. The van der Waals surface area contributed by atoms with Gasteiger partial charge in [0, 0.05) is 18.4 Å². The van der Waals surface area contributed by atoms with Crippen molar-refractivity contribution in [3.63, 3.8) is 0 Å². The third-order valence-electron chi connectivity index (χ3n) is 3.53. The summed E-state index contributed by atoms with van der Waals surface area (Å²) >= 11 is 4.56. The number of hydrogen-bond acceptors (Lipinski definition) is 4. The molecule has 0 spiro atoms. The molecule has 0 radical (unpaired) electrons. The Hall–Kier alpha value is 0.447. The molecule has 5 heteroatoms. The monoisotopic (exact) mass is 277 g/mol. The van der Waals surface area contributed by atoms with Gasteiger partial charge in [0.1, 0.15) is 0 Å². The molecular formula is C12H27NO2SSi. The van der Waals surface area contributed by atoms with Crippen LogP contribution in [0.5, 0.6) is 0 Å². The van der Waals surface area contributed by atoms with Crippen molar-refractivity contribution in [3.8, 4) is 0 Å². The van der Waals surface area contributed by atoms with Gasteiger partial charge < -0.3 is 8.95 Å². The van der Waals surface area contributed by atoms with E-state index in [2.05, 4.69) is 38.9 Å². The van der Waals surface area contributed by atoms with Crippen LogP contribution in [0.3, 0.4) is 0 Å². The van der Waals surface area contributed by atoms with Gasteiger partial charge >= 0.3 is 8.56 Å². The highest BCUT2D eigenvalue weighted by Gasteiger charge is 2.37. The van der Waals surface area contributed by atoms with E-state index in [0.717, 1.165) is 44.5 Å². The third-order valence-corrected chi connectivity index (χ3v) is 7.53. The van der Waals surface area contributed by atoms with Crippen LogP contribution in [0.4, 0.5) is 0 Å². The van der Waals surface area contributed by atoms with Crippen molar-refractivity contribution in [3.05, 3.63) is 0 Å². The molecular weight excluding hydrogens is 250 g/mol. The van der Waals surface area contributed by atoms with E-state index in [1.54, 1.807) is 0 Å². The molecule has 1 aliphatic rings. The number of hydroxylamine groups is 1. The van der Waals surface area contributed by atoms with Crippen molar-refractivity contribution < 1.29 is 8.95 Å². The van der Waals surface area contributed by atoms with Crippen molar-refractivity contribution >= 4 is 21.2 Å². The van der Waals surface area contributed by atoms with Crippen LogP contribution in [0.2, 0.25) is 12.1 Å².